The predicted octanol–water partition coefficient (Wildman–Crippen LogP) is 2.06. The summed E-state index contributed by atoms with van der Waals surface area (Å²) in [6.45, 7) is -2.24. The molecular formula is C11H10F4N2O. The molecule has 0 heterocycles. The van der Waals surface area contributed by atoms with Gasteiger partial charge in [-0.1, -0.05) is 0 Å². The van der Waals surface area contributed by atoms with Crippen LogP contribution < -0.4 is 4.90 Å². The first-order valence-electron chi connectivity index (χ1n) is 4.99. The van der Waals surface area contributed by atoms with Gasteiger partial charge in [-0.3, -0.25) is 0 Å². The summed E-state index contributed by atoms with van der Waals surface area (Å²) in [4.78, 5) is 0.677. The van der Waals surface area contributed by atoms with Gasteiger partial charge in [0, 0.05) is 6.54 Å². The summed E-state index contributed by atoms with van der Waals surface area (Å²) in [7, 11) is 0. The summed E-state index contributed by atoms with van der Waals surface area (Å²) < 4.78 is 50.4. The average molecular weight is 262 g/mol. The van der Waals surface area contributed by atoms with Crippen LogP contribution in [-0.2, 0) is 0 Å². The number of hydrogen-bond donors (Lipinski definition) is 1. The highest BCUT2D eigenvalue weighted by Crippen LogP contribution is 2.25. The maximum Gasteiger partial charge on any atom is 0.405 e. The van der Waals surface area contributed by atoms with Gasteiger partial charge in [-0.2, -0.15) is 18.4 Å². The Hall–Kier alpha value is -1.81. The lowest BCUT2D eigenvalue weighted by Gasteiger charge is -2.25. The molecule has 0 saturated heterocycles. The molecule has 7 heteroatoms. The van der Waals surface area contributed by atoms with Crippen molar-refractivity contribution >= 4 is 5.69 Å². The zero-order valence-corrected chi connectivity index (χ0v) is 9.21. The van der Waals surface area contributed by atoms with Crippen LogP contribution >= 0.6 is 0 Å². The van der Waals surface area contributed by atoms with Crippen molar-refractivity contribution in [3.05, 3.63) is 29.6 Å². The molecule has 1 rings (SSSR count). The molecule has 1 aromatic carbocycles. The van der Waals surface area contributed by atoms with E-state index in [0.717, 1.165) is 12.1 Å². The molecule has 0 spiro atoms. The maximum absolute atomic E-state index is 13.5. The van der Waals surface area contributed by atoms with E-state index in [1.165, 1.54) is 6.07 Å². The van der Waals surface area contributed by atoms with Crippen LogP contribution in [0.4, 0.5) is 23.2 Å². The first kappa shape index (κ1) is 14.3. The Bertz CT molecular complexity index is 453. The minimum Gasteiger partial charge on any atom is -0.395 e. The summed E-state index contributed by atoms with van der Waals surface area (Å²) in [5.41, 5.74) is -0.271. The monoisotopic (exact) mass is 262 g/mol. The van der Waals surface area contributed by atoms with E-state index in [2.05, 4.69) is 0 Å². The third kappa shape index (κ3) is 3.89. The lowest BCUT2D eigenvalue weighted by molar-refractivity contribution is -0.119. The minimum atomic E-state index is -4.50. The Kier molecular flexibility index (Phi) is 4.50. The van der Waals surface area contributed by atoms with Crippen molar-refractivity contribution in [1.82, 2.24) is 0 Å². The van der Waals surface area contributed by atoms with E-state index in [0.29, 0.717) is 4.90 Å². The summed E-state index contributed by atoms with van der Waals surface area (Å²) in [6.07, 6.45) is -4.50. The normalized spacial score (nSPS) is 11.1. The first-order chi connectivity index (χ1) is 8.37. The van der Waals surface area contributed by atoms with Gasteiger partial charge in [0.25, 0.3) is 0 Å². The van der Waals surface area contributed by atoms with Crippen LogP contribution in [0.5, 0.6) is 0 Å². The summed E-state index contributed by atoms with van der Waals surface area (Å²) >= 11 is 0. The number of anilines is 1. The Morgan fingerprint density at radius 1 is 1.33 bits per heavy atom. The van der Waals surface area contributed by atoms with Crippen LogP contribution in [-0.4, -0.2) is 31.0 Å². The molecule has 0 amide bonds. The van der Waals surface area contributed by atoms with Crippen molar-refractivity contribution in [2.45, 2.75) is 6.18 Å². The summed E-state index contributed by atoms with van der Waals surface area (Å²) in [5.74, 6) is -0.924. The fraction of sp³-hybridized carbons (Fsp3) is 0.364. The highest BCUT2D eigenvalue weighted by atomic mass is 19.4. The number of aliphatic hydroxyl groups is 1. The molecule has 3 nitrogen and oxygen atoms in total. The van der Waals surface area contributed by atoms with Gasteiger partial charge in [0.2, 0.25) is 0 Å². The first-order valence-corrected chi connectivity index (χ1v) is 4.99. The van der Waals surface area contributed by atoms with Crippen LogP contribution in [0.3, 0.4) is 0 Å². The zero-order chi connectivity index (χ0) is 13.8. The van der Waals surface area contributed by atoms with Gasteiger partial charge in [0.05, 0.1) is 23.9 Å². The number of alkyl halides is 3. The number of aliphatic hydroxyl groups excluding tert-OH is 1. The number of hydrogen-bond acceptors (Lipinski definition) is 3. The molecule has 0 saturated carbocycles. The molecule has 0 unspecified atom stereocenters. The van der Waals surface area contributed by atoms with E-state index < -0.39 is 25.1 Å². The molecule has 98 valence electrons. The second-order valence-corrected chi connectivity index (χ2v) is 3.54. The van der Waals surface area contributed by atoms with Crippen LogP contribution in [0.2, 0.25) is 0 Å². The van der Waals surface area contributed by atoms with E-state index in [4.69, 9.17) is 10.4 Å². The van der Waals surface area contributed by atoms with Crippen LogP contribution in [0.1, 0.15) is 5.56 Å². The predicted molar refractivity (Wildman–Crippen MR) is 56.5 cm³/mol. The van der Waals surface area contributed by atoms with Crippen molar-refractivity contribution in [3.63, 3.8) is 0 Å². The van der Waals surface area contributed by atoms with E-state index >= 15 is 0 Å². The maximum atomic E-state index is 13.5. The molecule has 0 aromatic heterocycles. The SMILES string of the molecule is N#Cc1ccc(N(CCO)CC(F)(F)F)c(F)c1. The molecule has 0 aliphatic carbocycles. The van der Waals surface area contributed by atoms with E-state index in [1.54, 1.807) is 6.07 Å². The van der Waals surface area contributed by atoms with Gasteiger partial charge < -0.3 is 10.0 Å². The number of nitriles is 1. The third-order valence-electron chi connectivity index (χ3n) is 2.16. The molecular weight excluding hydrogens is 252 g/mol. The molecule has 0 aliphatic heterocycles. The van der Waals surface area contributed by atoms with Crippen LogP contribution in [0.25, 0.3) is 0 Å². The van der Waals surface area contributed by atoms with E-state index in [-0.39, 0.29) is 17.8 Å². The Morgan fingerprint density at radius 3 is 2.44 bits per heavy atom. The lowest BCUT2D eigenvalue weighted by atomic mass is 10.2. The Balaban J connectivity index is 3.03. The topological polar surface area (TPSA) is 47.3 Å². The molecule has 0 fully saturated rings. The highest BCUT2D eigenvalue weighted by Gasteiger charge is 2.31. The summed E-state index contributed by atoms with van der Waals surface area (Å²) in [5, 5.41) is 17.2. The number of halogens is 4. The number of nitrogens with zero attached hydrogens (tertiary/aromatic N) is 2. The lowest BCUT2D eigenvalue weighted by Crippen LogP contribution is -2.36. The second kappa shape index (κ2) is 5.69. The van der Waals surface area contributed by atoms with Gasteiger partial charge in [0.1, 0.15) is 12.4 Å². The van der Waals surface area contributed by atoms with Gasteiger partial charge in [-0.25, -0.2) is 4.39 Å². The van der Waals surface area contributed by atoms with Crippen molar-refractivity contribution in [2.75, 3.05) is 24.6 Å². The fourth-order valence-electron chi connectivity index (χ4n) is 1.45. The largest absolute Gasteiger partial charge is 0.405 e. The smallest absolute Gasteiger partial charge is 0.395 e. The minimum absolute atomic E-state index is 0.0206. The quantitative estimate of drug-likeness (QED) is 0.845. The van der Waals surface area contributed by atoms with Crippen molar-refractivity contribution in [1.29, 1.82) is 5.26 Å². The average Bonchev–Trinajstić information content (AvgIpc) is 2.26. The Labute approximate surface area is 101 Å². The molecule has 0 atom stereocenters. The number of rotatable bonds is 4. The van der Waals surface area contributed by atoms with Crippen LogP contribution in [0, 0.1) is 17.1 Å². The van der Waals surface area contributed by atoms with Gasteiger partial charge in [0.15, 0.2) is 0 Å². The standard InChI is InChI=1S/C11H10F4N2O/c12-9-5-8(6-16)1-2-10(9)17(3-4-18)7-11(13,14)15/h1-2,5,18H,3-4,7H2. The van der Waals surface area contributed by atoms with Gasteiger partial charge >= 0.3 is 6.18 Å². The fourth-order valence-corrected chi connectivity index (χ4v) is 1.45. The molecule has 18 heavy (non-hydrogen) atoms. The van der Waals surface area contributed by atoms with Crippen molar-refractivity contribution < 1.29 is 22.7 Å². The third-order valence-corrected chi connectivity index (χ3v) is 2.16. The zero-order valence-electron chi connectivity index (χ0n) is 9.21. The highest BCUT2D eigenvalue weighted by molar-refractivity contribution is 5.51. The molecule has 0 bridgehead atoms. The van der Waals surface area contributed by atoms with Gasteiger partial charge in [-0.05, 0) is 18.2 Å². The molecule has 1 N–H and O–H groups in total. The van der Waals surface area contributed by atoms with Crippen LogP contribution in [0.15, 0.2) is 18.2 Å². The van der Waals surface area contributed by atoms with Crippen molar-refractivity contribution in [3.8, 4) is 6.07 Å². The van der Waals surface area contributed by atoms with E-state index in [9.17, 15) is 17.6 Å². The molecule has 0 aliphatic rings. The van der Waals surface area contributed by atoms with Gasteiger partial charge in [-0.15, -0.1) is 0 Å². The number of benzene rings is 1. The molecule has 1 aromatic rings. The Morgan fingerprint density at radius 2 is 2.00 bits per heavy atom. The van der Waals surface area contributed by atoms with Crippen molar-refractivity contribution in [2.24, 2.45) is 0 Å². The second-order valence-electron chi connectivity index (χ2n) is 3.54. The molecule has 0 radical (unpaired) electrons. The van der Waals surface area contributed by atoms with E-state index in [1.807, 2.05) is 0 Å². The summed E-state index contributed by atoms with van der Waals surface area (Å²) in [6, 6.07) is 4.86.